The SMILES string of the molecule is CC(=O)Nc1ccc(N=Cc2cc(C)n(-c3ccc(C(=O)O)c(Cl)c3)c2C)cc1. The van der Waals surface area contributed by atoms with E-state index in [9.17, 15) is 9.59 Å². The highest BCUT2D eigenvalue weighted by Crippen LogP contribution is 2.25. The van der Waals surface area contributed by atoms with Crippen molar-refractivity contribution in [3.05, 3.63) is 76.1 Å². The lowest BCUT2D eigenvalue weighted by molar-refractivity contribution is -0.114. The van der Waals surface area contributed by atoms with Crippen molar-refractivity contribution in [3.63, 3.8) is 0 Å². The van der Waals surface area contributed by atoms with E-state index < -0.39 is 5.97 Å². The molecule has 1 heterocycles. The van der Waals surface area contributed by atoms with Gasteiger partial charge in [0.15, 0.2) is 0 Å². The van der Waals surface area contributed by atoms with Crippen LogP contribution >= 0.6 is 11.6 Å². The van der Waals surface area contributed by atoms with Crippen LogP contribution in [-0.2, 0) is 4.79 Å². The normalized spacial score (nSPS) is 11.0. The van der Waals surface area contributed by atoms with Gasteiger partial charge in [-0.05, 0) is 62.4 Å². The molecule has 3 aromatic rings. The van der Waals surface area contributed by atoms with Crippen LogP contribution < -0.4 is 5.32 Å². The van der Waals surface area contributed by atoms with Crippen LogP contribution in [0.25, 0.3) is 5.69 Å². The number of carboxylic acids is 1. The lowest BCUT2D eigenvalue weighted by atomic mass is 10.2. The fraction of sp³-hybridized carbons (Fsp3) is 0.136. The van der Waals surface area contributed by atoms with Crippen LogP contribution in [0.1, 0.15) is 34.2 Å². The molecular formula is C22H20ClN3O3. The van der Waals surface area contributed by atoms with Gasteiger partial charge in [0.1, 0.15) is 0 Å². The molecule has 3 rings (SSSR count). The van der Waals surface area contributed by atoms with Gasteiger partial charge in [-0.2, -0.15) is 0 Å². The second-order valence-electron chi connectivity index (χ2n) is 6.62. The number of rotatable bonds is 5. The summed E-state index contributed by atoms with van der Waals surface area (Å²) in [4.78, 5) is 26.8. The number of carbonyl (C=O) groups is 2. The summed E-state index contributed by atoms with van der Waals surface area (Å²) in [5.74, 6) is -1.18. The zero-order valence-electron chi connectivity index (χ0n) is 16.2. The molecule has 1 aromatic heterocycles. The van der Waals surface area contributed by atoms with Crippen LogP contribution in [0.3, 0.4) is 0 Å². The third-order valence-electron chi connectivity index (χ3n) is 4.45. The van der Waals surface area contributed by atoms with Crippen LogP contribution in [-0.4, -0.2) is 27.8 Å². The summed E-state index contributed by atoms with van der Waals surface area (Å²) in [6.07, 6.45) is 1.78. The van der Waals surface area contributed by atoms with Crippen LogP contribution in [0.15, 0.2) is 53.5 Å². The lowest BCUT2D eigenvalue weighted by Crippen LogP contribution is -2.04. The lowest BCUT2D eigenvalue weighted by Gasteiger charge is -2.11. The Labute approximate surface area is 173 Å². The van der Waals surface area contributed by atoms with E-state index in [-0.39, 0.29) is 16.5 Å². The number of nitrogens with zero attached hydrogens (tertiary/aromatic N) is 2. The van der Waals surface area contributed by atoms with Crippen molar-refractivity contribution < 1.29 is 14.7 Å². The number of carboxylic acid groups (broad SMARTS) is 1. The number of halogens is 1. The molecule has 2 aromatic carbocycles. The predicted octanol–water partition coefficient (Wildman–Crippen LogP) is 5.15. The van der Waals surface area contributed by atoms with Crippen LogP contribution in [0.4, 0.5) is 11.4 Å². The summed E-state index contributed by atoms with van der Waals surface area (Å²) in [5.41, 5.74) is 5.21. The zero-order valence-corrected chi connectivity index (χ0v) is 17.0. The first-order valence-corrected chi connectivity index (χ1v) is 9.28. The average Bonchev–Trinajstić information content (AvgIpc) is 2.93. The predicted molar refractivity (Wildman–Crippen MR) is 115 cm³/mol. The van der Waals surface area contributed by atoms with Gasteiger partial charge in [0.2, 0.25) is 5.91 Å². The maximum absolute atomic E-state index is 11.2. The Balaban J connectivity index is 1.88. The Bertz CT molecular complexity index is 1120. The van der Waals surface area contributed by atoms with Crippen LogP contribution in [0.2, 0.25) is 5.02 Å². The van der Waals surface area contributed by atoms with Gasteiger partial charge in [0, 0.05) is 41.5 Å². The van der Waals surface area contributed by atoms with Crippen molar-refractivity contribution in [1.82, 2.24) is 4.57 Å². The third-order valence-corrected chi connectivity index (χ3v) is 4.76. The highest BCUT2D eigenvalue weighted by Gasteiger charge is 2.13. The summed E-state index contributed by atoms with van der Waals surface area (Å²) in [5, 5.41) is 12.1. The molecule has 1 amide bonds. The number of carbonyl (C=O) groups excluding carboxylic acids is 1. The molecule has 0 aliphatic rings. The summed E-state index contributed by atoms with van der Waals surface area (Å²) in [7, 11) is 0. The Morgan fingerprint density at radius 1 is 1.10 bits per heavy atom. The fourth-order valence-electron chi connectivity index (χ4n) is 3.11. The quantitative estimate of drug-likeness (QED) is 0.571. The summed E-state index contributed by atoms with van der Waals surface area (Å²) in [6, 6.07) is 14.1. The van der Waals surface area contributed by atoms with E-state index in [0.717, 1.165) is 34.0 Å². The Morgan fingerprint density at radius 3 is 2.38 bits per heavy atom. The number of amides is 1. The Morgan fingerprint density at radius 2 is 1.79 bits per heavy atom. The third kappa shape index (κ3) is 4.55. The summed E-state index contributed by atoms with van der Waals surface area (Å²) in [6.45, 7) is 5.39. The largest absolute Gasteiger partial charge is 0.478 e. The van der Waals surface area contributed by atoms with Crippen LogP contribution in [0.5, 0.6) is 0 Å². The van der Waals surface area contributed by atoms with E-state index in [2.05, 4.69) is 10.3 Å². The fourth-order valence-corrected chi connectivity index (χ4v) is 3.37. The molecule has 0 fully saturated rings. The summed E-state index contributed by atoms with van der Waals surface area (Å²) < 4.78 is 2.00. The first-order valence-electron chi connectivity index (χ1n) is 8.90. The molecule has 7 heteroatoms. The minimum Gasteiger partial charge on any atom is -0.478 e. The van der Waals surface area contributed by atoms with Crippen molar-refractivity contribution in [1.29, 1.82) is 0 Å². The number of hydrogen-bond donors (Lipinski definition) is 2. The maximum atomic E-state index is 11.2. The van der Waals surface area contributed by atoms with Gasteiger partial charge in [-0.25, -0.2) is 4.79 Å². The highest BCUT2D eigenvalue weighted by molar-refractivity contribution is 6.33. The molecule has 0 bridgehead atoms. The smallest absolute Gasteiger partial charge is 0.337 e. The molecular weight excluding hydrogens is 390 g/mol. The van der Waals surface area contributed by atoms with Crippen molar-refractivity contribution in [2.45, 2.75) is 20.8 Å². The van der Waals surface area contributed by atoms with Gasteiger partial charge in [-0.3, -0.25) is 9.79 Å². The van der Waals surface area contributed by atoms with Crippen molar-refractivity contribution in [2.24, 2.45) is 4.99 Å². The van der Waals surface area contributed by atoms with Gasteiger partial charge in [-0.15, -0.1) is 0 Å². The molecule has 0 saturated carbocycles. The van der Waals surface area contributed by atoms with E-state index in [1.165, 1.54) is 13.0 Å². The molecule has 0 atom stereocenters. The number of aromatic carboxylic acids is 1. The number of hydrogen-bond acceptors (Lipinski definition) is 3. The summed E-state index contributed by atoms with van der Waals surface area (Å²) >= 11 is 6.12. The van der Waals surface area contributed by atoms with E-state index in [1.54, 1.807) is 30.5 Å². The van der Waals surface area contributed by atoms with Crippen LogP contribution in [0, 0.1) is 13.8 Å². The number of nitrogens with one attached hydrogen (secondary N) is 1. The van der Waals surface area contributed by atoms with E-state index in [4.69, 9.17) is 16.7 Å². The molecule has 2 N–H and O–H groups in total. The van der Waals surface area contributed by atoms with E-state index in [1.807, 2.05) is 36.6 Å². The van der Waals surface area contributed by atoms with Gasteiger partial charge in [0.25, 0.3) is 0 Å². The van der Waals surface area contributed by atoms with Gasteiger partial charge >= 0.3 is 5.97 Å². The first-order chi connectivity index (χ1) is 13.8. The number of anilines is 1. The first kappa shape index (κ1) is 20.4. The van der Waals surface area contributed by atoms with E-state index >= 15 is 0 Å². The molecule has 0 radical (unpaired) electrons. The zero-order chi connectivity index (χ0) is 21.1. The highest BCUT2D eigenvalue weighted by atomic mass is 35.5. The monoisotopic (exact) mass is 409 g/mol. The van der Waals surface area contributed by atoms with Gasteiger partial charge in [-0.1, -0.05) is 11.6 Å². The second kappa shape index (κ2) is 8.32. The number of aromatic nitrogens is 1. The Hall–Kier alpha value is -3.38. The molecule has 0 spiro atoms. The minimum atomic E-state index is -1.06. The average molecular weight is 410 g/mol. The molecule has 0 aliphatic carbocycles. The van der Waals surface area contributed by atoms with Crippen molar-refractivity contribution >= 4 is 41.1 Å². The second-order valence-corrected chi connectivity index (χ2v) is 7.02. The maximum Gasteiger partial charge on any atom is 0.337 e. The minimum absolute atomic E-state index is 0.0716. The topological polar surface area (TPSA) is 83.7 Å². The molecule has 0 aliphatic heterocycles. The number of aryl methyl sites for hydroxylation is 1. The van der Waals surface area contributed by atoms with Gasteiger partial charge < -0.3 is 15.0 Å². The van der Waals surface area contributed by atoms with Gasteiger partial charge in [0.05, 0.1) is 16.3 Å². The molecule has 0 unspecified atom stereocenters. The van der Waals surface area contributed by atoms with E-state index in [0.29, 0.717) is 0 Å². The molecule has 0 saturated heterocycles. The Kier molecular flexibility index (Phi) is 5.84. The molecule has 148 valence electrons. The number of aliphatic imine (C=N–C) groups is 1. The molecule has 6 nitrogen and oxygen atoms in total. The van der Waals surface area contributed by atoms with Crippen molar-refractivity contribution in [2.75, 3.05) is 5.32 Å². The number of benzene rings is 2. The standard InChI is InChI=1S/C22H20ClN3O3/c1-13-10-16(12-24-17-4-6-18(7-5-17)25-15(3)27)14(2)26(13)19-8-9-20(22(28)29)21(23)11-19/h4-12H,1-3H3,(H,25,27)(H,28,29). The molecule has 29 heavy (non-hydrogen) atoms. The van der Waals surface area contributed by atoms with Crippen molar-refractivity contribution in [3.8, 4) is 5.69 Å².